The van der Waals surface area contributed by atoms with Crippen LogP contribution in [0.15, 0.2) is 0 Å². The van der Waals surface area contributed by atoms with Gasteiger partial charge in [0.1, 0.15) is 0 Å². The molecule has 0 radical (unpaired) electrons. The van der Waals surface area contributed by atoms with Crippen LogP contribution in [0, 0.1) is 5.92 Å². The maximum Gasteiger partial charge on any atom is 0.229 e. The van der Waals surface area contributed by atoms with Gasteiger partial charge in [-0.2, -0.15) is 0 Å². The highest BCUT2D eigenvalue weighted by Gasteiger charge is 2.35. The smallest absolute Gasteiger partial charge is 0.229 e. The standard InChI is InChI=1S/C14H28N2O3/c1-4-7-15-13-11-19-10-12(13)14(17)16(5-2)8-9-18-6-3/h12-13,15H,4-11H2,1-3H3. The molecule has 1 fully saturated rings. The van der Waals surface area contributed by atoms with Crippen molar-refractivity contribution in [2.45, 2.75) is 33.2 Å². The summed E-state index contributed by atoms with van der Waals surface area (Å²) in [6, 6.07) is 0.161. The van der Waals surface area contributed by atoms with E-state index < -0.39 is 0 Å². The van der Waals surface area contributed by atoms with Crippen molar-refractivity contribution in [3.05, 3.63) is 0 Å². The SMILES string of the molecule is CCCNC1COCC1C(=O)N(CC)CCOCC. The molecule has 1 aliphatic heterocycles. The quantitative estimate of drug-likeness (QED) is 0.633. The lowest BCUT2D eigenvalue weighted by atomic mass is 10.0. The molecule has 2 unspecified atom stereocenters. The van der Waals surface area contributed by atoms with Gasteiger partial charge in [0.05, 0.1) is 25.7 Å². The zero-order chi connectivity index (χ0) is 14.1. The van der Waals surface area contributed by atoms with E-state index >= 15 is 0 Å². The van der Waals surface area contributed by atoms with E-state index in [1.54, 1.807) is 0 Å². The van der Waals surface area contributed by atoms with Gasteiger partial charge >= 0.3 is 0 Å². The molecule has 0 saturated carbocycles. The third kappa shape index (κ3) is 5.09. The van der Waals surface area contributed by atoms with Crippen molar-refractivity contribution in [3.63, 3.8) is 0 Å². The van der Waals surface area contributed by atoms with Gasteiger partial charge in [0.2, 0.25) is 5.91 Å². The summed E-state index contributed by atoms with van der Waals surface area (Å²) < 4.78 is 10.8. The molecule has 112 valence electrons. The summed E-state index contributed by atoms with van der Waals surface area (Å²) in [6.07, 6.45) is 1.07. The Bertz CT molecular complexity index is 261. The van der Waals surface area contributed by atoms with E-state index in [0.29, 0.717) is 33.0 Å². The first-order valence-electron chi connectivity index (χ1n) is 7.42. The van der Waals surface area contributed by atoms with Crippen LogP contribution in [0.1, 0.15) is 27.2 Å². The molecule has 1 amide bonds. The van der Waals surface area contributed by atoms with Crippen LogP contribution in [0.2, 0.25) is 0 Å². The number of hydrogen-bond acceptors (Lipinski definition) is 4. The summed E-state index contributed by atoms with van der Waals surface area (Å²) in [7, 11) is 0. The summed E-state index contributed by atoms with van der Waals surface area (Å²) in [5, 5.41) is 3.40. The predicted molar refractivity (Wildman–Crippen MR) is 75.1 cm³/mol. The normalized spacial score (nSPS) is 22.7. The Morgan fingerprint density at radius 1 is 1.37 bits per heavy atom. The highest BCUT2D eigenvalue weighted by atomic mass is 16.5. The second-order valence-corrected chi connectivity index (χ2v) is 4.82. The van der Waals surface area contributed by atoms with Crippen molar-refractivity contribution in [1.29, 1.82) is 0 Å². The number of hydrogen-bond donors (Lipinski definition) is 1. The Morgan fingerprint density at radius 3 is 2.79 bits per heavy atom. The fourth-order valence-electron chi connectivity index (χ4n) is 2.31. The van der Waals surface area contributed by atoms with Crippen LogP contribution in [0.25, 0.3) is 0 Å². The molecule has 0 aromatic carbocycles. The lowest BCUT2D eigenvalue weighted by Gasteiger charge is -2.26. The van der Waals surface area contributed by atoms with Crippen molar-refractivity contribution < 1.29 is 14.3 Å². The van der Waals surface area contributed by atoms with Crippen LogP contribution in [0.5, 0.6) is 0 Å². The largest absolute Gasteiger partial charge is 0.380 e. The van der Waals surface area contributed by atoms with Gasteiger partial charge in [-0.3, -0.25) is 4.79 Å². The molecule has 1 saturated heterocycles. The lowest BCUT2D eigenvalue weighted by molar-refractivity contribution is -0.136. The van der Waals surface area contributed by atoms with Gasteiger partial charge in [-0.05, 0) is 26.8 Å². The maximum atomic E-state index is 12.5. The van der Waals surface area contributed by atoms with E-state index in [-0.39, 0.29) is 17.9 Å². The average Bonchev–Trinajstić information content (AvgIpc) is 2.89. The fourth-order valence-corrected chi connectivity index (χ4v) is 2.31. The molecule has 0 bridgehead atoms. The van der Waals surface area contributed by atoms with Crippen molar-refractivity contribution in [3.8, 4) is 0 Å². The minimum absolute atomic E-state index is 0.0480. The molecule has 0 aromatic heterocycles. The molecule has 1 N–H and O–H groups in total. The molecule has 5 nitrogen and oxygen atoms in total. The van der Waals surface area contributed by atoms with Crippen molar-refractivity contribution in [2.75, 3.05) is 46.1 Å². The van der Waals surface area contributed by atoms with Crippen LogP contribution in [-0.2, 0) is 14.3 Å². The first kappa shape index (κ1) is 16.4. The molecule has 1 aliphatic rings. The summed E-state index contributed by atoms with van der Waals surface area (Å²) in [6.45, 7) is 10.9. The number of ether oxygens (including phenoxy) is 2. The number of rotatable bonds is 9. The number of amides is 1. The highest BCUT2D eigenvalue weighted by Crippen LogP contribution is 2.17. The molecule has 0 aliphatic carbocycles. The van der Waals surface area contributed by atoms with E-state index in [9.17, 15) is 4.79 Å². The third-order valence-electron chi connectivity index (χ3n) is 3.46. The monoisotopic (exact) mass is 272 g/mol. The molecule has 2 atom stereocenters. The van der Waals surface area contributed by atoms with Crippen LogP contribution in [0.4, 0.5) is 0 Å². The second-order valence-electron chi connectivity index (χ2n) is 4.82. The minimum atomic E-state index is -0.0480. The number of carbonyl (C=O) groups is 1. The molecule has 1 rings (SSSR count). The van der Waals surface area contributed by atoms with Crippen LogP contribution >= 0.6 is 0 Å². The van der Waals surface area contributed by atoms with E-state index in [1.165, 1.54) is 0 Å². The summed E-state index contributed by atoms with van der Waals surface area (Å²) in [5.74, 6) is 0.140. The summed E-state index contributed by atoms with van der Waals surface area (Å²) >= 11 is 0. The summed E-state index contributed by atoms with van der Waals surface area (Å²) in [4.78, 5) is 14.4. The Kier molecular flexibility index (Phi) is 8.02. The first-order valence-corrected chi connectivity index (χ1v) is 7.42. The van der Waals surface area contributed by atoms with Gasteiger partial charge in [0, 0.05) is 25.7 Å². The van der Waals surface area contributed by atoms with Gasteiger partial charge in [-0.15, -0.1) is 0 Å². The Balaban J connectivity index is 2.47. The molecule has 5 heteroatoms. The number of nitrogens with zero attached hydrogens (tertiary/aromatic N) is 1. The van der Waals surface area contributed by atoms with Gasteiger partial charge in [0.25, 0.3) is 0 Å². The van der Waals surface area contributed by atoms with Gasteiger partial charge in [0.15, 0.2) is 0 Å². The molecule has 0 spiro atoms. The van der Waals surface area contributed by atoms with Gasteiger partial charge in [-0.1, -0.05) is 6.92 Å². The number of nitrogens with one attached hydrogen (secondary N) is 1. The molecule has 1 heterocycles. The maximum absolute atomic E-state index is 12.5. The average molecular weight is 272 g/mol. The van der Waals surface area contributed by atoms with E-state index in [1.807, 2.05) is 18.7 Å². The molecular formula is C14H28N2O3. The van der Waals surface area contributed by atoms with Gasteiger partial charge in [-0.25, -0.2) is 0 Å². The Hall–Kier alpha value is -0.650. The lowest BCUT2D eigenvalue weighted by Crippen LogP contribution is -2.46. The van der Waals surface area contributed by atoms with Crippen LogP contribution < -0.4 is 5.32 Å². The van der Waals surface area contributed by atoms with Crippen molar-refractivity contribution >= 4 is 5.91 Å². The van der Waals surface area contributed by atoms with Gasteiger partial charge < -0.3 is 19.7 Å². The fraction of sp³-hybridized carbons (Fsp3) is 0.929. The zero-order valence-electron chi connectivity index (χ0n) is 12.5. The number of likely N-dealkylation sites (N-methyl/N-ethyl adjacent to an activating group) is 1. The third-order valence-corrected chi connectivity index (χ3v) is 3.46. The van der Waals surface area contributed by atoms with Crippen LogP contribution in [-0.4, -0.2) is 62.9 Å². The Morgan fingerprint density at radius 2 is 2.16 bits per heavy atom. The number of carbonyl (C=O) groups excluding carboxylic acids is 1. The summed E-state index contributed by atoms with van der Waals surface area (Å²) in [5.41, 5.74) is 0. The second kappa shape index (κ2) is 9.28. The van der Waals surface area contributed by atoms with E-state index in [4.69, 9.17) is 9.47 Å². The predicted octanol–water partition coefficient (Wildman–Crippen LogP) is 0.886. The van der Waals surface area contributed by atoms with Crippen molar-refractivity contribution in [1.82, 2.24) is 10.2 Å². The van der Waals surface area contributed by atoms with Crippen molar-refractivity contribution in [2.24, 2.45) is 5.92 Å². The molecule has 19 heavy (non-hydrogen) atoms. The minimum Gasteiger partial charge on any atom is -0.380 e. The van der Waals surface area contributed by atoms with E-state index in [0.717, 1.165) is 19.5 Å². The first-order chi connectivity index (χ1) is 9.24. The zero-order valence-corrected chi connectivity index (χ0v) is 12.5. The van der Waals surface area contributed by atoms with E-state index in [2.05, 4.69) is 12.2 Å². The molecular weight excluding hydrogens is 244 g/mol. The Labute approximate surface area is 116 Å². The van der Waals surface area contributed by atoms with Crippen LogP contribution in [0.3, 0.4) is 0 Å². The topological polar surface area (TPSA) is 50.8 Å². The molecule has 0 aromatic rings. The highest BCUT2D eigenvalue weighted by molar-refractivity contribution is 5.80.